The van der Waals surface area contributed by atoms with Crippen molar-refractivity contribution in [2.24, 2.45) is 5.92 Å². The Morgan fingerprint density at radius 2 is 1.83 bits per heavy atom. The van der Waals surface area contributed by atoms with Crippen molar-refractivity contribution >= 4 is 11.9 Å². The SMILES string of the molecule is COc1cccc([C@@]23CCN(CC4CC4)C[C@@]2(OC(C)=O)CC[C@H](N(C)C(=O)C#Cc2ccc(C(F)(F)F)cc2)C3)c1. The molecule has 2 aromatic carbocycles. The number of rotatable bonds is 6. The minimum Gasteiger partial charge on any atom is -0.497 e. The van der Waals surface area contributed by atoms with Crippen molar-refractivity contribution in [3.8, 4) is 17.6 Å². The van der Waals surface area contributed by atoms with Crippen LogP contribution in [0.25, 0.3) is 0 Å². The Balaban J connectivity index is 1.43. The highest BCUT2D eigenvalue weighted by Gasteiger charge is 2.61. The lowest BCUT2D eigenvalue weighted by atomic mass is 9.55. The smallest absolute Gasteiger partial charge is 0.416 e. The third kappa shape index (κ3) is 6.14. The molecule has 2 aliphatic carbocycles. The topological polar surface area (TPSA) is 59.1 Å². The molecule has 1 amide bonds. The van der Waals surface area contributed by atoms with E-state index in [0.29, 0.717) is 43.0 Å². The minimum atomic E-state index is -4.43. The highest BCUT2D eigenvalue weighted by atomic mass is 19.4. The number of alkyl halides is 3. The molecule has 0 unspecified atom stereocenters. The summed E-state index contributed by atoms with van der Waals surface area (Å²) in [4.78, 5) is 29.9. The number of nitrogens with zero attached hydrogens (tertiary/aromatic N) is 2. The van der Waals surface area contributed by atoms with E-state index in [1.165, 1.54) is 31.9 Å². The first-order chi connectivity index (χ1) is 19.9. The fourth-order valence-electron chi connectivity index (χ4n) is 6.86. The zero-order valence-electron chi connectivity index (χ0n) is 24.3. The van der Waals surface area contributed by atoms with Gasteiger partial charge >= 0.3 is 12.1 Å². The molecule has 224 valence electrons. The molecule has 5 rings (SSSR count). The first kappa shape index (κ1) is 30.0. The minimum absolute atomic E-state index is 0.177. The number of esters is 1. The Bertz CT molecular complexity index is 1380. The monoisotopic (exact) mass is 582 g/mol. The van der Waals surface area contributed by atoms with E-state index in [9.17, 15) is 22.8 Å². The van der Waals surface area contributed by atoms with Crippen molar-refractivity contribution in [2.75, 3.05) is 33.8 Å². The van der Waals surface area contributed by atoms with Crippen LogP contribution in [0.2, 0.25) is 0 Å². The van der Waals surface area contributed by atoms with Crippen LogP contribution in [-0.4, -0.2) is 67.1 Å². The first-order valence-corrected chi connectivity index (χ1v) is 14.5. The van der Waals surface area contributed by atoms with Gasteiger partial charge in [0.25, 0.3) is 5.91 Å². The lowest BCUT2D eigenvalue weighted by molar-refractivity contribution is -0.190. The van der Waals surface area contributed by atoms with Crippen LogP contribution in [-0.2, 0) is 25.9 Å². The van der Waals surface area contributed by atoms with Gasteiger partial charge in [-0.2, -0.15) is 13.2 Å². The van der Waals surface area contributed by atoms with Crippen LogP contribution in [0, 0.1) is 17.8 Å². The number of carbonyl (C=O) groups excluding carboxylic acids is 2. The Morgan fingerprint density at radius 1 is 1.10 bits per heavy atom. The van der Waals surface area contributed by atoms with Crippen LogP contribution in [0.15, 0.2) is 48.5 Å². The summed E-state index contributed by atoms with van der Waals surface area (Å²) >= 11 is 0. The molecular formula is C33H37F3N2O4. The number of benzene rings is 2. The number of halogens is 3. The summed E-state index contributed by atoms with van der Waals surface area (Å²) < 4.78 is 50.6. The molecule has 6 nitrogen and oxygen atoms in total. The Kier molecular flexibility index (Phi) is 8.30. The summed E-state index contributed by atoms with van der Waals surface area (Å²) in [5.41, 5.74) is -0.717. The second kappa shape index (κ2) is 11.6. The van der Waals surface area contributed by atoms with E-state index in [2.05, 4.69) is 22.8 Å². The van der Waals surface area contributed by atoms with E-state index in [0.717, 1.165) is 37.2 Å². The number of hydrogen-bond acceptors (Lipinski definition) is 5. The molecule has 0 radical (unpaired) electrons. The number of likely N-dealkylation sites (tertiary alicyclic amines) is 1. The average Bonchev–Trinajstić information content (AvgIpc) is 3.78. The van der Waals surface area contributed by atoms with E-state index < -0.39 is 28.7 Å². The number of methoxy groups -OCH3 is 1. The summed E-state index contributed by atoms with van der Waals surface area (Å²) in [5.74, 6) is 6.02. The van der Waals surface area contributed by atoms with Crippen LogP contribution in [0.3, 0.4) is 0 Å². The van der Waals surface area contributed by atoms with Gasteiger partial charge in [0.1, 0.15) is 11.4 Å². The van der Waals surface area contributed by atoms with Crippen molar-refractivity contribution in [3.63, 3.8) is 0 Å². The van der Waals surface area contributed by atoms with Crippen LogP contribution in [0.4, 0.5) is 13.2 Å². The molecule has 2 aromatic rings. The van der Waals surface area contributed by atoms with Crippen molar-refractivity contribution < 1.29 is 32.2 Å². The van der Waals surface area contributed by atoms with Crippen LogP contribution in [0.5, 0.6) is 5.75 Å². The van der Waals surface area contributed by atoms with E-state index in [1.807, 2.05) is 18.2 Å². The van der Waals surface area contributed by atoms with Gasteiger partial charge in [0.2, 0.25) is 0 Å². The molecule has 1 aliphatic heterocycles. The average molecular weight is 583 g/mol. The maximum absolute atomic E-state index is 13.2. The Morgan fingerprint density at radius 3 is 2.48 bits per heavy atom. The number of ether oxygens (including phenoxy) is 2. The number of fused-ring (bicyclic) bond motifs is 1. The van der Waals surface area contributed by atoms with Gasteiger partial charge in [-0.15, -0.1) is 0 Å². The van der Waals surface area contributed by atoms with Crippen LogP contribution < -0.4 is 4.74 Å². The van der Waals surface area contributed by atoms with E-state index in [-0.39, 0.29) is 12.0 Å². The van der Waals surface area contributed by atoms with Gasteiger partial charge in [-0.3, -0.25) is 14.5 Å². The third-order valence-electron chi connectivity index (χ3n) is 9.24. The third-order valence-corrected chi connectivity index (χ3v) is 9.24. The molecule has 2 saturated carbocycles. The molecule has 3 fully saturated rings. The number of amides is 1. The fraction of sp³-hybridized carbons (Fsp3) is 0.515. The summed E-state index contributed by atoms with van der Waals surface area (Å²) in [7, 11) is 3.34. The van der Waals surface area contributed by atoms with Crippen molar-refractivity contribution in [1.82, 2.24) is 9.80 Å². The van der Waals surface area contributed by atoms with Gasteiger partial charge in [-0.25, -0.2) is 0 Å². The highest BCUT2D eigenvalue weighted by molar-refractivity contribution is 5.94. The Hall–Kier alpha value is -3.51. The fourth-order valence-corrected chi connectivity index (χ4v) is 6.86. The van der Waals surface area contributed by atoms with Gasteiger partial charge in [0.05, 0.1) is 12.7 Å². The lowest BCUT2D eigenvalue weighted by Gasteiger charge is -2.60. The first-order valence-electron chi connectivity index (χ1n) is 14.5. The molecule has 42 heavy (non-hydrogen) atoms. The normalized spacial score (nSPS) is 25.9. The van der Waals surface area contributed by atoms with Crippen LogP contribution >= 0.6 is 0 Å². The maximum atomic E-state index is 13.2. The second-order valence-corrected chi connectivity index (χ2v) is 12.0. The lowest BCUT2D eigenvalue weighted by Crippen LogP contribution is -2.68. The van der Waals surface area contributed by atoms with Crippen molar-refractivity contribution in [3.05, 3.63) is 65.2 Å². The van der Waals surface area contributed by atoms with Gasteiger partial charge in [0, 0.05) is 50.0 Å². The Labute approximate surface area is 245 Å². The highest BCUT2D eigenvalue weighted by Crippen LogP contribution is 2.55. The molecule has 0 bridgehead atoms. The summed E-state index contributed by atoms with van der Waals surface area (Å²) in [6.45, 7) is 3.95. The number of carbonyl (C=O) groups is 2. The molecule has 1 saturated heterocycles. The van der Waals surface area contributed by atoms with Crippen LogP contribution in [0.1, 0.15) is 62.1 Å². The summed E-state index contributed by atoms with van der Waals surface area (Å²) in [6.07, 6.45) is 0.586. The van der Waals surface area contributed by atoms with E-state index in [4.69, 9.17) is 9.47 Å². The predicted molar refractivity (Wildman–Crippen MR) is 152 cm³/mol. The molecule has 0 spiro atoms. The zero-order chi connectivity index (χ0) is 30.1. The summed E-state index contributed by atoms with van der Waals surface area (Å²) in [6, 6.07) is 12.2. The molecule has 3 atom stereocenters. The van der Waals surface area contributed by atoms with Crippen molar-refractivity contribution in [2.45, 2.75) is 68.7 Å². The number of piperidine rings is 1. The standard InChI is InChI=1S/C33H37F3N2O4/c1-23(39)42-32-16-15-28(37(2)30(40)14-11-24-9-12-26(13-10-24)33(34,35)36)20-31(32,27-5-4-6-29(19-27)41-3)17-18-38(22-32)21-25-7-8-25/h4-6,9-10,12-13,19,25,28H,7-8,15-18,20-22H2,1-3H3/t28-,31-,32-/m0/s1. The molecule has 9 heteroatoms. The molecule has 3 aliphatic rings. The van der Waals surface area contributed by atoms with Gasteiger partial charge < -0.3 is 14.4 Å². The molecule has 0 aromatic heterocycles. The zero-order valence-corrected chi connectivity index (χ0v) is 24.3. The maximum Gasteiger partial charge on any atom is 0.416 e. The van der Waals surface area contributed by atoms with Gasteiger partial charge in [-0.1, -0.05) is 18.1 Å². The molecule has 0 N–H and O–H groups in total. The van der Waals surface area contributed by atoms with Gasteiger partial charge in [0.15, 0.2) is 0 Å². The quantitative estimate of drug-likeness (QED) is 0.336. The van der Waals surface area contributed by atoms with Gasteiger partial charge in [-0.05, 0) is 92.9 Å². The molecular weight excluding hydrogens is 545 g/mol. The second-order valence-electron chi connectivity index (χ2n) is 12.0. The number of hydrogen-bond donors (Lipinski definition) is 0. The largest absolute Gasteiger partial charge is 0.497 e. The van der Waals surface area contributed by atoms with E-state index in [1.54, 1.807) is 19.1 Å². The van der Waals surface area contributed by atoms with Crippen molar-refractivity contribution in [1.29, 1.82) is 0 Å². The van der Waals surface area contributed by atoms with E-state index >= 15 is 0 Å². The summed E-state index contributed by atoms with van der Waals surface area (Å²) in [5, 5.41) is 0. The molecule has 1 heterocycles. The predicted octanol–water partition coefficient (Wildman–Crippen LogP) is 5.43.